The number of fused-ring (bicyclic) bond motifs is 3. The average molecular weight is 643 g/mol. The van der Waals surface area contributed by atoms with Gasteiger partial charge in [0.25, 0.3) is 0 Å². The van der Waals surface area contributed by atoms with Crippen molar-refractivity contribution < 1.29 is 48.6 Å². The maximum absolute atomic E-state index is 13.7. The summed E-state index contributed by atoms with van der Waals surface area (Å²) in [6, 6.07) is 0. The number of hydrogen-bond donors (Lipinski definition) is 3. The number of aliphatic hydroxyl groups excluding tert-OH is 2. The van der Waals surface area contributed by atoms with Gasteiger partial charge in [0.15, 0.2) is 17.0 Å². The number of carbonyl (C=O) groups excluding carboxylic acids is 2. The average Bonchev–Trinajstić information content (AvgIpc) is 3.64. The smallest absolute Gasteiger partial charge is 0.307 e. The lowest BCUT2D eigenvalue weighted by atomic mass is 9.53. The summed E-state index contributed by atoms with van der Waals surface area (Å²) in [5.41, 5.74) is -6.13. The van der Waals surface area contributed by atoms with Crippen molar-refractivity contribution in [3.05, 3.63) is 48.1 Å². The molecule has 0 aromatic heterocycles. The van der Waals surface area contributed by atoms with E-state index in [-0.39, 0.29) is 5.57 Å². The highest BCUT2D eigenvalue weighted by Crippen LogP contribution is 2.73. The Balaban J connectivity index is 1.39. The van der Waals surface area contributed by atoms with E-state index in [1.807, 2.05) is 13.0 Å². The summed E-state index contributed by atoms with van der Waals surface area (Å²) in [7, 11) is 0. The minimum absolute atomic E-state index is 0.251. The number of ether oxygens (including phenoxy) is 5. The standard InChI is InChI=1S/C36H50O10/c1-7-8-9-10-11-12-13-14-15-16-17-18-33-44-30-26-29-32(20-37,43-29)31(40)34(41)25(19-22(4)27(34)39)36(26,46-33)23(5)28(42-24(6)38)35(30,45-33)21(2)3/h15-19,23,25-26,28-31,37,40-41H,2,7-14,20H2,1,3-6H3/b16-15+,18-17-/t23-,25-,26+,28-,29+,30-,31-,32+,33-,34-,35-,36+/m1/s1. The minimum Gasteiger partial charge on any atom is -0.459 e. The van der Waals surface area contributed by atoms with Crippen LogP contribution in [0.4, 0.5) is 0 Å². The summed E-state index contributed by atoms with van der Waals surface area (Å²) >= 11 is 0. The number of unbranched alkanes of at least 4 members (excludes halogenated alkanes) is 7. The van der Waals surface area contributed by atoms with Crippen LogP contribution in [0.3, 0.4) is 0 Å². The van der Waals surface area contributed by atoms with Gasteiger partial charge < -0.3 is 39.0 Å². The summed E-state index contributed by atoms with van der Waals surface area (Å²) < 4.78 is 32.6. The number of epoxide rings is 1. The summed E-state index contributed by atoms with van der Waals surface area (Å²) in [5, 5.41) is 34.6. The third-order valence-electron chi connectivity index (χ3n) is 11.6. The molecule has 10 nitrogen and oxygen atoms in total. The van der Waals surface area contributed by atoms with Crippen molar-refractivity contribution >= 4 is 11.8 Å². The van der Waals surface area contributed by atoms with Crippen molar-refractivity contribution in [2.24, 2.45) is 17.8 Å². The second-order valence-electron chi connectivity index (χ2n) is 14.4. The Bertz CT molecular complexity index is 1350. The highest BCUT2D eigenvalue weighted by Gasteiger charge is 2.90. The van der Waals surface area contributed by atoms with Gasteiger partial charge >= 0.3 is 11.9 Å². The molecule has 0 aromatic carbocycles. The van der Waals surface area contributed by atoms with Gasteiger partial charge in [-0.1, -0.05) is 83.3 Å². The monoisotopic (exact) mass is 642 g/mol. The van der Waals surface area contributed by atoms with Gasteiger partial charge in [-0.2, -0.15) is 0 Å². The Hall–Kier alpha value is -2.18. The van der Waals surface area contributed by atoms with Crippen molar-refractivity contribution in [1.82, 2.24) is 0 Å². The largest absolute Gasteiger partial charge is 0.459 e. The molecule has 12 atom stereocenters. The predicted octanol–water partition coefficient (Wildman–Crippen LogP) is 3.97. The van der Waals surface area contributed by atoms with Crippen molar-refractivity contribution in [3.8, 4) is 0 Å². The predicted molar refractivity (Wildman–Crippen MR) is 167 cm³/mol. The molecule has 6 rings (SSSR count). The first kappa shape index (κ1) is 33.7. The fourth-order valence-electron chi connectivity index (χ4n) is 9.37. The van der Waals surface area contributed by atoms with E-state index in [1.54, 1.807) is 32.1 Å². The maximum atomic E-state index is 13.7. The summed E-state index contributed by atoms with van der Waals surface area (Å²) in [4.78, 5) is 26.3. The topological polar surface area (TPSA) is 144 Å². The lowest BCUT2D eigenvalue weighted by Gasteiger charge is -2.61. The zero-order valence-corrected chi connectivity index (χ0v) is 27.7. The molecular formula is C36H50O10. The van der Waals surface area contributed by atoms with E-state index in [9.17, 15) is 24.9 Å². The number of esters is 1. The van der Waals surface area contributed by atoms with Crippen LogP contribution in [0.2, 0.25) is 0 Å². The van der Waals surface area contributed by atoms with Gasteiger partial charge in [0.2, 0.25) is 0 Å². The van der Waals surface area contributed by atoms with E-state index in [1.165, 1.54) is 45.4 Å². The van der Waals surface area contributed by atoms with Crippen LogP contribution in [0.1, 0.15) is 86.0 Å². The number of aliphatic hydroxyl groups is 3. The Morgan fingerprint density at radius 1 is 1.07 bits per heavy atom. The first-order valence-electron chi connectivity index (χ1n) is 17.0. The van der Waals surface area contributed by atoms with Crippen LogP contribution in [0.15, 0.2) is 48.1 Å². The maximum Gasteiger partial charge on any atom is 0.307 e. The van der Waals surface area contributed by atoms with Gasteiger partial charge in [0.1, 0.15) is 30.0 Å². The van der Waals surface area contributed by atoms with Gasteiger partial charge in [-0.25, -0.2) is 0 Å². The van der Waals surface area contributed by atoms with Gasteiger partial charge in [-0.05, 0) is 37.8 Å². The number of carbonyl (C=O) groups is 2. The molecule has 254 valence electrons. The molecule has 3 aliphatic carbocycles. The second kappa shape index (κ2) is 11.8. The zero-order chi connectivity index (χ0) is 33.3. The fraction of sp³-hybridized carbons (Fsp3) is 0.722. The van der Waals surface area contributed by atoms with Crippen molar-refractivity contribution in [2.75, 3.05) is 6.61 Å². The van der Waals surface area contributed by atoms with E-state index in [4.69, 9.17) is 23.7 Å². The van der Waals surface area contributed by atoms with Crippen LogP contribution < -0.4 is 0 Å². The third kappa shape index (κ3) is 4.47. The molecule has 10 heteroatoms. The fourth-order valence-corrected chi connectivity index (χ4v) is 9.37. The summed E-state index contributed by atoms with van der Waals surface area (Å²) in [6.45, 7) is 12.3. The molecule has 0 spiro atoms. The Morgan fingerprint density at radius 3 is 2.41 bits per heavy atom. The highest BCUT2D eigenvalue weighted by molar-refractivity contribution is 6.05. The van der Waals surface area contributed by atoms with Crippen LogP contribution in [0, 0.1) is 17.8 Å². The molecule has 0 aromatic rings. The van der Waals surface area contributed by atoms with E-state index in [0.29, 0.717) is 5.57 Å². The van der Waals surface area contributed by atoms with Gasteiger partial charge in [-0.3, -0.25) is 9.59 Å². The summed E-state index contributed by atoms with van der Waals surface area (Å²) in [5.74, 6) is -5.58. The molecule has 3 bridgehead atoms. The van der Waals surface area contributed by atoms with Crippen molar-refractivity contribution in [1.29, 1.82) is 0 Å². The molecule has 2 saturated carbocycles. The van der Waals surface area contributed by atoms with Crippen molar-refractivity contribution in [3.63, 3.8) is 0 Å². The van der Waals surface area contributed by atoms with E-state index in [2.05, 4.69) is 19.6 Å². The lowest BCUT2D eigenvalue weighted by molar-refractivity contribution is -0.407. The Kier molecular flexibility index (Phi) is 8.61. The Labute approximate surface area is 271 Å². The highest BCUT2D eigenvalue weighted by atomic mass is 16.9. The van der Waals surface area contributed by atoms with Crippen LogP contribution in [0.5, 0.6) is 0 Å². The number of ketones is 1. The number of allylic oxidation sites excluding steroid dienone is 3. The molecule has 0 unspecified atom stereocenters. The molecular weight excluding hydrogens is 592 g/mol. The van der Waals surface area contributed by atoms with E-state index in [0.717, 1.165) is 12.8 Å². The van der Waals surface area contributed by atoms with Crippen LogP contribution in [-0.2, 0) is 33.3 Å². The molecule has 6 aliphatic rings. The number of Topliss-reactive ketones (excluding diaryl/α,β-unsaturated/α-hetero) is 1. The summed E-state index contributed by atoms with van der Waals surface area (Å²) in [6.07, 6.45) is 14.1. The molecule has 3 N–H and O–H groups in total. The second-order valence-corrected chi connectivity index (χ2v) is 14.4. The van der Waals surface area contributed by atoms with Gasteiger partial charge in [0.05, 0.1) is 12.2 Å². The lowest BCUT2D eigenvalue weighted by Crippen LogP contribution is -2.76. The molecule has 3 aliphatic heterocycles. The zero-order valence-electron chi connectivity index (χ0n) is 27.7. The Morgan fingerprint density at radius 2 is 1.76 bits per heavy atom. The molecule has 0 amide bonds. The molecule has 5 fully saturated rings. The molecule has 0 radical (unpaired) electrons. The molecule has 46 heavy (non-hydrogen) atoms. The number of rotatable bonds is 13. The van der Waals surface area contributed by atoms with Gasteiger partial charge in [0, 0.05) is 30.8 Å². The van der Waals surface area contributed by atoms with Crippen molar-refractivity contribution in [2.45, 2.75) is 139 Å². The number of hydrogen-bond acceptors (Lipinski definition) is 10. The SMILES string of the molecule is C=C(C)[C@]12O[C@@]3(/C=C\C=C\CCCCCCCCC)O[C@@H]1[C@@H]1[C@@H]4O[C@]4(CO)[C@@H](O)[C@]4(O)C(=O)C(C)=C[C@H]4[C@@]1(O3)[C@H](C)[C@H]2OC(C)=O. The normalized spacial score (nSPS) is 46.7. The van der Waals surface area contributed by atoms with Crippen LogP contribution >= 0.6 is 0 Å². The van der Waals surface area contributed by atoms with E-state index >= 15 is 0 Å². The third-order valence-corrected chi connectivity index (χ3v) is 11.6. The molecule has 3 heterocycles. The van der Waals surface area contributed by atoms with Crippen LogP contribution in [0.25, 0.3) is 0 Å². The molecule has 3 saturated heterocycles. The minimum atomic E-state index is -2.38. The van der Waals surface area contributed by atoms with Crippen LogP contribution in [-0.4, -0.2) is 86.5 Å². The van der Waals surface area contributed by atoms with Gasteiger partial charge in [-0.15, -0.1) is 0 Å². The first-order valence-corrected chi connectivity index (χ1v) is 17.0. The first-order chi connectivity index (χ1) is 21.8. The quantitative estimate of drug-likeness (QED) is 0.0888. The van der Waals surface area contributed by atoms with E-state index < -0.39 is 88.9 Å².